The van der Waals surface area contributed by atoms with E-state index in [1.54, 1.807) is 4.68 Å². The summed E-state index contributed by atoms with van der Waals surface area (Å²) in [7, 11) is 1.81. The molecule has 2 aromatic rings. The fourth-order valence-electron chi connectivity index (χ4n) is 2.06. The molecule has 4 heteroatoms. The Morgan fingerprint density at radius 3 is 2.37 bits per heavy atom. The lowest BCUT2D eigenvalue weighted by atomic mass is 10.0. The molecule has 0 fully saturated rings. The number of ketones is 1. The number of carbonyl (C=O) groups excluding carboxylic acids is 1. The number of hydrogen-bond acceptors (Lipinski definition) is 2. The molecule has 0 aliphatic heterocycles. The van der Waals surface area contributed by atoms with E-state index in [1.807, 2.05) is 45.2 Å². The molecule has 0 aliphatic rings. The van der Waals surface area contributed by atoms with E-state index in [1.165, 1.54) is 5.56 Å². The van der Waals surface area contributed by atoms with Crippen LogP contribution in [0, 0.1) is 13.8 Å². The van der Waals surface area contributed by atoms with Gasteiger partial charge in [-0.25, -0.2) is 0 Å². The van der Waals surface area contributed by atoms with Crippen molar-refractivity contribution in [3.8, 4) is 0 Å². The van der Waals surface area contributed by atoms with Crippen molar-refractivity contribution in [2.75, 3.05) is 0 Å². The molecule has 0 N–H and O–H groups in total. The minimum Gasteiger partial charge on any atom is -0.299 e. The minimum atomic E-state index is 0.147. The minimum absolute atomic E-state index is 0.147. The van der Waals surface area contributed by atoms with Gasteiger partial charge in [-0.2, -0.15) is 5.10 Å². The molecule has 0 radical (unpaired) electrons. The number of rotatable bonds is 4. The first kappa shape index (κ1) is 13.8. The second kappa shape index (κ2) is 5.57. The van der Waals surface area contributed by atoms with Crippen molar-refractivity contribution in [1.29, 1.82) is 0 Å². The van der Waals surface area contributed by atoms with Gasteiger partial charge in [-0.05, 0) is 19.4 Å². The highest BCUT2D eigenvalue weighted by molar-refractivity contribution is 6.32. The van der Waals surface area contributed by atoms with Crippen molar-refractivity contribution < 1.29 is 4.79 Å². The number of Topliss-reactive ketones (excluding diaryl/α,β-unsaturated/α-hetero) is 1. The zero-order valence-corrected chi connectivity index (χ0v) is 12.2. The van der Waals surface area contributed by atoms with Crippen LogP contribution < -0.4 is 0 Å². The third kappa shape index (κ3) is 3.24. The standard InChI is InChI=1S/C15H17ClN2O/c1-10-4-6-12(7-5-10)8-13(19)9-14-15(16)11(2)17-18(14)3/h4-7H,8-9H2,1-3H3. The lowest BCUT2D eigenvalue weighted by molar-refractivity contribution is -0.117. The summed E-state index contributed by atoms with van der Waals surface area (Å²) in [4.78, 5) is 12.1. The predicted molar refractivity (Wildman–Crippen MR) is 76.5 cm³/mol. The third-order valence-electron chi connectivity index (χ3n) is 3.15. The Bertz CT molecular complexity index is 599. The summed E-state index contributed by atoms with van der Waals surface area (Å²) in [5, 5.41) is 4.81. The van der Waals surface area contributed by atoms with Crippen LogP contribution in [0.5, 0.6) is 0 Å². The second-order valence-electron chi connectivity index (χ2n) is 4.85. The molecule has 0 bridgehead atoms. The second-order valence-corrected chi connectivity index (χ2v) is 5.23. The number of carbonyl (C=O) groups is 1. The van der Waals surface area contributed by atoms with E-state index in [9.17, 15) is 4.79 Å². The van der Waals surface area contributed by atoms with E-state index < -0.39 is 0 Å². The first-order chi connectivity index (χ1) is 8.97. The number of aryl methyl sites for hydroxylation is 3. The Balaban J connectivity index is 2.07. The Kier molecular flexibility index (Phi) is 4.05. The van der Waals surface area contributed by atoms with E-state index >= 15 is 0 Å². The summed E-state index contributed by atoms with van der Waals surface area (Å²) in [6.45, 7) is 3.88. The number of halogens is 1. The number of benzene rings is 1. The summed E-state index contributed by atoms with van der Waals surface area (Å²) in [6, 6.07) is 8.01. The summed E-state index contributed by atoms with van der Waals surface area (Å²) >= 11 is 6.15. The van der Waals surface area contributed by atoms with Gasteiger partial charge >= 0.3 is 0 Å². The molecule has 0 saturated carbocycles. The van der Waals surface area contributed by atoms with E-state index in [-0.39, 0.29) is 5.78 Å². The number of aromatic nitrogens is 2. The quantitative estimate of drug-likeness (QED) is 0.860. The molecule has 0 spiro atoms. The average Bonchev–Trinajstić information content (AvgIpc) is 2.59. The molecule has 0 unspecified atom stereocenters. The van der Waals surface area contributed by atoms with Crippen molar-refractivity contribution in [3.05, 3.63) is 51.8 Å². The van der Waals surface area contributed by atoms with E-state index in [0.717, 1.165) is 17.0 Å². The lowest BCUT2D eigenvalue weighted by Gasteiger charge is -2.03. The Hall–Kier alpha value is -1.61. The Morgan fingerprint density at radius 2 is 1.84 bits per heavy atom. The summed E-state index contributed by atoms with van der Waals surface area (Å²) in [5.74, 6) is 0.147. The Labute approximate surface area is 118 Å². The van der Waals surface area contributed by atoms with Crippen LogP contribution in [-0.4, -0.2) is 15.6 Å². The van der Waals surface area contributed by atoms with Crippen LogP contribution in [0.2, 0.25) is 5.02 Å². The van der Waals surface area contributed by atoms with Crippen LogP contribution in [0.25, 0.3) is 0 Å². The molecular weight excluding hydrogens is 260 g/mol. The van der Waals surface area contributed by atoms with Gasteiger partial charge in [-0.3, -0.25) is 9.48 Å². The van der Waals surface area contributed by atoms with Gasteiger partial charge in [0.05, 0.1) is 22.8 Å². The monoisotopic (exact) mass is 276 g/mol. The summed E-state index contributed by atoms with van der Waals surface area (Å²) in [5.41, 5.74) is 3.78. The first-order valence-electron chi connectivity index (χ1n) is 6.22. The van der Waals surface area contributed by atoms with Gasteiger partial charge in [0.2, 0.25) is 0 Å². The molecule has 0 aliphatic carbocycles. The molecule has 1 aromatic heterocycles. The normalized spacial score (nSPS) is 10.7. The van der Waals surface area contributed by atoms with Gasteiger partial charge in [-0.1, -0.05) is 41.4 Å². The molecule has 1 aromatic carbocycles. The largest absolute Gasteiger partial charge is 0.299 e. The topological polar surface area (TPSA) is 34.9 Å². The average molecular weight is 277 g/mol. The van der Waals surface area contributed by atoms with Crippen molar-refractivity contribution in [2.45, 2.75) is 26.7 Å². The van der Waals surface area contributed by atoms with Crippen LogP contribution in [0.15, 0.2) is 24.3 Å². The smallest absolute Gasteiger partial charge is 0.143 e. The van der Waals surface area contributed by atoms with Gasteiger partial charge in [0, 0.05) is 13.5 Å². The van der Waals surface area contributed by atoms with Crippen LogP contribution in [0.3, 0.4) is 0 Å². The Morgan fingerprint density at radius 1 is 1.21 bits per heavy atom. The molecule has 0 saturated heterocycles. The lowest BCUT2D eigenvalue weighted by Crippen LogP contribution is -2.10. The van der Waals surface area contributed by atoms with Crippen molar-refractivity contribution in [2.24, 2.45) is 7.05 Å². The predicted octanol–water partition coefficient (Wildman–Crippen LogP) is 3.04. The molecule has 0 amide bonds. The maximum Gasteiger partial charge on any atom is 0.143 e. The molecule has 2 rings (SSSR count). The molecule has 100 valence electrons. The first-order valence-corrected chi connectivity index (χ1v) is 6.60. The number of hydrogen-bond donors (Lipinski definition) is 0. The van der Waals surface area contributed by atoms with Gasteiger partial charge in [0.25, 0.3) is 0 Å². The fraction of sp³-hybridized carbons (Fsp3) is 0.333. The van der Waals surface area contributed by atoms with Crippen LogP contribution in [0.4, 0.5) is 0 Å². The van der Waals surface area contributed by atoms with E-state index in [0.29, 0.717) is 17.9 Å². The molecular formula is C15H17ClN2O. The summed E-state index contributed by atoms with van der Waals surface area (Å²) in [6.07, 6.45) is 0.755. The van der Waals surface area contributed by atoms with Crippen molar-refractivity contribution >= 4 is 17.4 Å². The maximum absolute atomic E-state index is 12.1. The SMILES string of the molecule is Cc1ccc(CC(=O)Cc2c(Cl)c(C)nn2C)cc1. The highest BCUT2D eigenvalue weighted by Crippen LogP contribution is 2.20. The van der Waals surface area contributed by atoms with E-state index in [4.69, 9.17) is 11.6 Å². The van der Waals surface area contributed by atoms with Crippen molar-refractivity contribution in [3.63, 3.8) is 0 Å². The zero-order valence-electron chi connectivity index (χ0n) is 11.4. The maximum atomic E-state index is 12.1. The van der Waals surface area contributed by atoms with Gasteiger partial charge in [0.15, 0.2) is 0 Å². The molecule has 3 nitrogen and oxygen atoms in total. The molecule has 19 heavy (non-hydrogen) atoms. The van der Waals surface area contributed by atoms with Crippen molar-refractivity contribution in [1.82, 2.24) is 9.78 Å². The van der Waals surface area contributed by atoms with Gasteiger partial charge in [0.1, 0.15) is 5.78 Å². The van der Waals surface area contributed by atoms with E-state index in [2.05, 4.69) is 5.10 Å². The third-order valence-corrected chi connectivity index (χ3v) is 3.64. The van der Waals surface area contributed by atoms with Crippen LogP contribution in [-0.2, 0) is 24.7 Å². The van der Waals surface area contributed by atoms with Crippen LogP contribution in [0.1, 0.15) is 22.5 Å². The molecule has 0 atom stereocenters. The highest BCUT2D eigenvalue weighted by Gasteiger charge is 2.14. The number of nitrogens with zero attached hydrogens (tertiary/aromatic N) is 2. The highest BCUT2D eigenvalue weighted by atomic mass is 35.5. The summed E-state index contributed by atoms with van der Waals surface area (Å²) < 4.78 is 1.69. The fourth-order valence-corrected chi connectivity index (χ4v) is 2.28. The zero-order chi connectivity index (χ0) is 14.0. The molecule has 1 heterocycles. The van der Waals surface area contributed by atoms with Gasteiger partial charge in [-0.15, -0.1) is 0 Å². The van der Waals surface area contributed by atoms with Gasteiger partial charge < -0.3 is 0 Å². The van der Waals surface area contributed by atoms with Crippen LogP contribution >= 0.6 is 11.6 Å².